The fourth-order valence-corrected chi connectivity index (χ4v) is 2.63. The first-order valence-electron chi connectivity index (χ1n) is 7.43. The summed E-state index contributed by atoms with van der Waals surface area (Å²) in [5.41, 5.74) is 3.60. The Kier molecular flexibility index (Phi) is 3.49. The first-order chi connectivity index (χ1) is 10.4. The molecule has 1 amide bonds. The van der Waals surface area contributed by atoms with E-state index >= 15 is 0 Å². The normalized spacial score (nSPS) is 11.6. The predicted octanol–water partition coefficient (Wildman–Crippen LogP) is 4.72. The van der Waals surface area contributed by atoms with Crippen LogP contribution >= 0.6 is 0 Å². The second-order valence-corrected chi connectivity index (χ2v) is 6.53. The smallest absolute Gasteiger partial charge is 0.255 e. The number of para-hydroxylation sites is 1. The summed E-state index contributed by atoms with van der Waals surface area (Å²) in [5.74, 6) is -0.0896. The van der Waals surface area contributed by atoms with Crippen molar-refractivity contribution in [1.82, 2.24) is 4.98 Å². The third kappa shape index (κ3) is 2.75. The van der Waals surface area contributed by atoms with Gasteiger partial charge < -0.3 is 10.3 Å². The summed E-state index contributed by atoms with van der Waals surface area (Å²) < 4.78 is 0. The SMILES string of the molecule is CC(C)(C)c1ccccc1NC(=O)c1ccc2cc[nH]c2c1. The largest absolute Gasteiger partial charge is 0.361 e. The van der Waals surface area contributed by atoms with Crippen LogP contribution in [0.1, 0.15) is 36.7 Å². The van der Waals surface area contributed by atoms with Crippen LogP contribution < -0.4 is 5.32 Å². The molecular formula is C19H20N2O. The van der Waals surface area contributed by atoms with E-state index in [4.69, 9.17) is 0 Å². The van der Waals surface area contributed by atoms with Gasteiger partial charge in [0.15, 0.2) is 0 Å². The van der Waals surface area contributed by atoms with Crippen molar-refractivity contribution >= 4 is 22.5 Å². The van der Waals surface area contributed by atoms with Crippen LogP contribution in [0.4, 0.5) is 5.69 Å². The lowest BCUT2D eigenvalue weighted by Crippen LogP contribution is -2.18. The molecule has 112 valence electrons. The molecule has 3 rings (SSSR count). The molecule has 0 spiro atoms. The molecular weight excluding hydrogens is 272 g/mol. The van der Waals surface area contributed by atoms with Crippen molar-refractivity contribution in [2.75, 3.05) is 5.32 Å². The molecule has 0 aliphatic carbocycles. The fraction of sp³-hybridized carbons (Fsp3) is 0.211. The standard InChI is InChI=1S/C19H20N2O/c1-19(2,3)15-6-4-5-7-16(15)21-18(22)14-9-8-13-10-11-20-17(13)12-14/h4-12,20H,1-3H3,(H,21,22). The number of hydrogen-bond acceptors (Lipinski definition) is 1. The van der Waals surface area contributed by atoms with E-state index in [0.717, 1.165) is 22.2 Å². The van der Waals surface area contributed by atoms with Gasteiger partial charge in [0.1, 0.15) is 0 Å². The highest BCUT2D eigenvalue weighted by atomic mass is 16.1. The van der Waals surface area contributed by atoms with E-state index in [1.54, 1.807) is 0 Å². The molecule has 0 atom stereocenters. The van der Waals surface area contributed by atoms with Gasteiger partial charge >= 0.3 is 0 Å². The Hall–Kier alpha value is -2.55. The Bertz CT molecular complexity index is 825. The Labute approximate surface area is 130 Å². The van der Waals surface area contributed by atoms with E-state index in [9.17, 15) is 4.79 Å². The van der Waals surface area contributed by atoms with Crippen molar-refractivity contribution < 1.29 is 4.79 Å². The Morgan fingerprint density at radius 2 is 1.82 bits per heavy atom. The van der Waals surface area contributed by atoms with Gasteiger partial charge in [0, 0.05) is 23.0 Å². The molecule has 1 aromatic heterocycles. The van der Waals surface area contributed by atoms with Gasteiger partial charge in [-0.3, -0.25) is 4.79 Å². The van der Waals surface area contributed by atoms with E-state index in [-0.39, 0.29) is 11.3 Å². The van der Waals surface area contributed by atoms with Crippen molar-refractivity contribution in [3.8, 4) is 0 Å². The van der Waals surface area contributed by atoms with Crippen molar-refractivity contribution in [2.45, 2.75) is 26.2 Å². The third-order valence-electron chi connectivity index (χ3n) is 3.80. The van der Waals surface area contributed by atoms with Gasteiger partial charge in [0.2, 0.25) is 0 Å². The average Bonchev–Trinajstić information content (AvgIpc) is 2.94. The van der Waals surface area contributed by atoms with Crippen LogP contribution in [0.3, 0.4) is 0 Å². The molecule has 2 N–H and O–H groups in total. The summed E-state index contributed by atoms with van der Waals surface area (Å²) in [4.78, 5) is 15.7. The van der Waals surface area contributed by atoms with Crippen LogP contribution in [0, 0.1) is 0 Å². The molecule has 3 heteroatoms. The van der Waals surface area contributed by atoms with Gasteiger partial charge in [-0.2, -0.15) is 0 Å². The van der Waals surface area contributed by atoms with Crippen LogP contribution in [-0.2, 0) is 5.41 Å². The molecule has 0 unspecified atom stereocenters. The van der Waals surface area contributed by atoms with Gasteiger partial charge in [-0.1, -0.05) is 45.0 Å². The lowest BCUT2D eigenvalue weighted by Gasteiger charge is -2.23. The van der Waals surface area contributed by atoms with E-state index < -0.39 is 0 Å². The van der Waals surface area contributed by atoms with Gasteiger partial charge in [0.25, 0.3) is 5.91 Å². The number of rotatable bonds is 2. The van der Waals surface area contributed by atoms with Gasteiger partial charge in [0.05, 0.1) is 0 Å². The van der Waals surface area contributed by atoms with Crippen LogP contribution in [0.15, 0.2) is 54.7 Å². The molecule has 0 saturated heterocycles. The molecule has 0 fully saturated rings. The van der Waals surface area contributed by atoms with Crippen molar-refractivity contribution in [2.24, 2.45) is 0 Å². The number of anilines is 1. The molecule has 1 heterocycles. The number of H-pyrrole nitrogens is 1. The summed E-state index contributed by atoms with van der Waals surface area (Å²) in [6.45, 7) is 6.43. The zero-order valence-corrected chi connectivity index (χ0v) is 13.1. The number of aromatic amines is 1. The number of benzene rings is 2. The van der Waals surface area contributed by atoms with Crippen molar-refractivity contribution in [3.63, 3.8) is 0 Å². The van der Waals surface area contributed by atoms with Crippen molar-refractivity contribution in [3.05, 3.63) is 65.9 Å². The highest BCUT2D eigenvalue weighted by molar-refractivity contribution is 6.06. The van der Waals surface area contributed by atoms with Crippen LogP contribution in [0.25, 0.3) is 10.9 Å². The summed E-state index contributed by atoms with van der Waals surface area (Å²) in [5, 5.41) is 4.14. The average molecular weight is 292 g/mol. The van der Waals surface area contributed by atoms with Gasteiger partial charge in [-0.15, -0.1) is 0 Å². The number of carbonyl (C=O) groups excluding carboxylic acids is 1. The second kappa shape index (κ2) is 5.34. The van der Waals surface area contributed by atoms with Crippen molar-refractivity contribution in [1.29, 1.82) is 0 Å². The van der Waals surface area contributed by atoms with Crippen LogP contribution in [-0.4, -0.2) is 10.9 Å². The lowest BCUT2D eigenvalue weighted by molar-refractivity contribution is 0.102. The quantitative estimate of drug-likeness (QED) is 0.705. The third-order valence-corrected chi connectivity index (χ3v) is 3.80. The summed E-state index contributed by atoms with van der Waals surface area (Å²) in [6, 6.07) is 15.6. The fourth-order valence-electron chi connectivity index (χ4n) is 2.63. The summed E-state index contributed by atoms with van der Waals surface area (Å²) in [6.07, 6.45) is 1.88. The maximum absolute atomic E-state index is 12.5. The first kappa shape index (κ1) is 14.4. The van der Waals surface area contributed by atoms with Gasteiger partial charge in [-0.05, 0) is 40.6 Å². The van der Waals surface area contributed by atoms with E-state index in [2.05, 4.69) is 37.1 Å². The lowest BCUT2D eigenvalue weighted by atomic mass is 9.86. The minimum absolute atomic E-state index is 0.0206. The Balaban J connectivity index is 1.91. The number of aromatic nitrogens is 1. The van der Waals surface area contributed by atoms with E-state index in [1.165, 1.54) is 0 Å². The van der Waals surface area contributed by atoms with Gasteiger partial charge in [-0.25, -0.2) is 0 Å². The predicted molar refractivity (Wildman–Crippen MR) is 91.4 cm³/mol. The molecule has 0 bridgehead atoms. The van der Waals surface area contributed by atoms with E-state index in [0.29, 0.717) is 5.56 Å². The monoisotopic (exact) mass is 292 g/mol. The van der Waals surface area contributed by atoms with Crippen LogP contribution in [0.2, 0.25) is 0 Å². The molecule has 0 aliphatic heterocycles. The first-order valence-corrected chi connectivity index (χ1v) is 7.43. The highest BCUT2D eigenvalue weighted by Crippen LogP contribution is 2.29. The topological polar surface area (TPSA) is 44.9 Å². The molecule has 0 aliphatic rings. The zero-order chi connectivity index (χ0) is 15.7. The second-order valence-electron chi connectivity index (χ2n) is 6.53. The number of nitrogens with one attached hydrogen (secondary N) is 2. The summed E-state index contributed by atoms with van der Waals surface area (Å²) >= 11 is 0. The Morgan fingerprint density at radius 1 is 1.05 bits per heavy atom. The number of carbonyl (C=O) groups is 1. The number of fused-ring (bicyclic) bond motifs is 1. The molecule has 2 aromatic carbocycles. The van der Waals surface area contributed by atoms with E-state index in [1.807, 2.05) is 48.7 Å². The molecule has 3 nitrogen and oxygen atoms in total. The molecule has 0 saturated carbocycles. The highest BCUT2D eigenvalue weighted by Gasteiger charge is 2.19. The minimum atomic E-state index is -0.0896. The maximum atomic E-state index is 12.5. The maximum Gasteiger partial charge on any atom is 0.255 e. The Morgan fingerprint density at radius 3 is 2.59 bits per heavy atom. The molecule has 0 radical (unpaired) electrons. The molecule has 3 aromatic rings. The summed E-state index contributed by atoms with van der Waals surface area (Å²) in [7, 11) is 0. The van der Waals surface area contributed by atoms with Crippen LogP contribution in [0.5, 0.6) is 0 Å². The number of amides is 1. The minimum Gasteiger partial charge on any atom is -0.361 e. The molecule has 22 heavy (non-hydrogen) atoms. The number of hydrogen-bond donors (Lipinski definition) is 2. The zero-order valence-electron chi connectivity index (χ0n) is 13.1.